The van der Waals surface area contributed by atoms with Crippen LogP contribution >= 0.6 is 7.92 Å². The average Bonchev–Trinajstić information content (AvgIpc) is 3.49. The summed E-state index contributed by atoms with van der Waals surface area (Å²) in [6.07, 6.45) is 2.61. The second-order valence-electron chi connectivity index (χ2n) is 9.72. The minimum atomic E-state index is -0.771. The second-order valence-corrected chi connectivity index (χ2v) is 12.0. The molecule has 176 valence electrons. The Morgan fingerprint density at radius 1 is 0.432 bits per heavy atom. The third-order valence-corrected chi connectivity index (χ3v) is 11.1. The summed E-state index contributed by atoms with van der Waals surface area (Å²) >= 11 is 0. The Labute approximate surface area is 220 Å². The van der Waals surface area contributed by atoms with Crippen molar-refractivity contribution >= 4 is 24.1 Å². The highest BCUT2D eigenvalue weighted by Gasteiger charge is 2.61. The number of hydrogen-bond donors (Lipinski definition) is 0. The molecule has 0 spiro atoms. The number of allylic oxidation sites excluding steroid dienone is 2. The van der Waals surface area contributed by atoms with E-state index < -0.39 is 7.92 Å². The van der Waals surface area contributed by atoms with Crippen molar-refractivity contribution in [1.29, 1.82) is 0 Å². The molecule has 5 aromatic rings. The van der Waals surface area contributed by atoms with Gasteiger partial charge in [0.05, 0.1) is 5.16 Å². The van der Waals surface area contributed by atoms with Crippen LogP contribution in [0.2, 0.25) is 0 Å². The fourth-order valence-electron chi connectivity index (χ4n) is 6.36. The lowest BCUT2D eigenvalue weighted by molar-refractivity contribution is 0.654. The molecule has 2 aliphatic heterocycles. The van der Waals surface area contributed by atoms with Crippen LogP contribution in [0.4, 0.5) is 0 Å². The molecule has 0 nitrogen and oxygen atoms in total. The van der Waals surface area contributed by atoms with Gasteiger partial charge in [-0.05, 0) is 51.9 Å². The highest BCUT2D eigenvalue weighted by Crippen LogP contribution is 2.87. The van der Waals surface area contributed by atoms with E-state index in [2.05, 4.69) is 158 Å². The third-order valence-electron chi connectivity index (χ3n) is 7.79. The van der Waals surface area contributed by atoms with Crippen molar-refractivity contribution in [3.63, 3.8) is 0 Å². The van der Waals surface area contributed by atoms with Gasteiger partial charge in [0.1, 0.15) is 0 Å². The zero-order valence-electron chi connectivity index (χ0n) is 20.5. The number of rotatable bonds is 5. The lowest BCUT2D eigenvalue weighted by atomic mass is 9.74. The molecule has 2 heterocycles. The molecule has 37 heavy (non-hydrogen) atoms. The normalized spacial score (nSPS) is 19.6. The third kappa shape index (κ3) is 3.41. The Kier molecular flexibility index (Phi) is 5.49. The first-order valence-corrected chi connectivity index (χ1v) is 14.3. The molecule has 0 N–H and O–H groups in total. The van der Waals surface area contributed by atoms with Gasteiger partial charge in [-0.25, -0.2) is 0 Å². The van der Waals surface area contributed by atoms with E-state index in [-0.39, 0.29) is 11.1 Å². The largest absolute Gasteiger partial charge is 0.0666 e. The van der Waals surface area contributed by atoms with Crippen LogP contribution in [0.25, 0.3) is 16.2 Å². The van der Waals surface area contributed by atoms with Crippen molar-refractivity contribution in [2.45, 2.75) is 5.16 Å². The lowest BCUT2D eigenvalue weighted by Crippen LogP contribution is -2.28. The van der Waals surface area contributed by atoms with Gasteiger partial charge in [-0.15, -0.1) is 0 Å². The predicted octanol–water partition coefficient (Wildman–Crippen LogP) is 9.67. The zero-order chi connectivity index (χ0) is 24.7. The average molecular weight is 491 g/mol. The topological polar surface area (TPSA) is 0 Å². The van der Waals surface area contributed by atoms with Gasteiger partial charge in [-0.2, -0.15) is 0 Å². The summed E-state index contributed by atoms with van der Waals surface area (Å²) in [4.78, 5) is 0. The zero-order valence-corrected chi connectivity index (χ0v) is 21.4. The van der Waals surface area contributed by atoms with Crippen LogP contribution in [0.5, 0.6) is 0 Å². The second kappa shape index (κ2) is 9.15. The van der Waals surface area contributed by atoms with E-state index >= 15 is 0 Å². The molecule has 0 fully saturated rings. The van der Waals surface area contributed by atoms with Crippen molar-refractivity contribution in [2.75, 3.05) is 0 Å². The van der Waals surface area contributed by atoms with E-state index in [4.69, 9.17) is 0 Å². The summed E-state index contributed by atoms with van der Waals surface area (Å²) in [6, 6.07) is 55.8. The van der Waals surface area contributed by atoms with E-state index in [1.54, 1.807) is 0 Å². The van der Waals surface area contributed by atoms with Gasteiger partial charge in [0.25, 0.3) is 0 Å². The molecule has 2 bridgehead atoms. The van der Waals surface area contributed by atoms with Gasteiger partial charge in [0.15, 0.2) is 0 Å². The molecule has 1 heteroatoms. The van der Waals surface area contributed by atoms with E-state index in [0.29, 0.717) is 0 Å². The first-order valence-electron chi connectivity index (χ1n) is 12.9. The Balaban J connectivity index is 1.60. The Bertz CT molecular complexity index is 1550. The molecule has 2 atom stereocenters. The summed E-state index contributed by atoms with van der Waals surface area (Å²) in [5.74, 6) is 0.233. The van der Waals surface area contributed by atoms with Gasteiger partial charge < -0.3 is 0 Å². The summed E-state index contributed by atoms with van der Waals surface area (Å²) in [5, 5.41) is 2.84. The van der Waals surface area contributed by atoms with E-state index in [1.165, 1.54) is 44.0 Å². The van der Waals surface area contributed by atoms with Crippen LogP contribution in [0.1, 0.15) is 27.8 Å². The van der Waals surface area contributed by atoms with E-state index in [1.807, 2.05) is 0 Å². The number of benzene rings is 5. The summed E-state index contributed by atoms with van der Waals surface area (Å²) in [5.41, 5.74) is 8.29. The van der Waals surface area contributed by atoms with Crippen LogP contribution in [0.3, 0.4) is 0 Å². The Hall–Kier alpha value is -3.99. The lowest BCUT2D eigenvalue weighted by Gasteiger charge is -2.39. The molecule has 0 saturated heterocycles. The molecule has 2 aliphatic rings. The first-order chi connectivity index (χ1) is 18.4. The van der Waals surface area contributed by atoms with Crippen LogP contribution in [-0.2, 0) is 5.16 Å². The maximum atomic E-state index is 2.61. The number of fused-ring (bicyclic) bond motifs is 2. The molecular formula is C36H27P. The SMILES string of the molecule is C1=C(c2ccccc2)P2C(c3ccccc3)=C(c3ccccc3)C1C2(c1ccccc1)c1ccccc1. The molecule has 0 aliphatic carbocycles. The minimum absolute atomic E-state index is 0.167. The van der Waals surface area contributed by atoms with Crippen LogP contribution < -0.4 is 0 Å². The molecule has 7 rings (SSSR count). The maximum absolute atomic E-state index is 2.61. The van der Waals surface area contributed by atoms with Gasteiger partial charge in [-0.3, -0.25) is 0 Å². The Morgan fingerprint density at radius 2 is 0.838 bits per heavy atom. The molecule has 0 aromatic heterocycles. The molecule has 0 radical (unpaired) electrons. The molecular weight excluding hydrogens is 463 g/mol. The standard InChI is InChI=1S/C36H27P/c1-6-16-27(17-7-1)33-26-32-34(28-18-8-2-9-19-28)35(29-20-10-3-11-21-29)37(33)36(32,30-22-12-4-13-23-30)31-24-14-5-15-25-31/h1-26,32H. The van der Waals surface area contributed by atoms with Crippen molar-refractivity contribution in [3.8, 4) is 0 Å². The first kappa shape index (κ1) is 22.2. The monoisotopic (exact) mass is 490 g/mol. The fraction of sp³-hybridized carbons (Fsp3) is 0.0556. The molecule has 0 saturated carbocycles. The van der Waals surface area contributed by atoms with Gasteiger partial charge in [-0.1, -0.05) is 158 Å². The van der Waals surface area contributed by atoms with E-state index in [0.717, 1.165) is 0 Å². The molecule has 2 unspecified atom stereocenters. The predicted molar refractivity (Wildman–Crippen MR) is 158 cm³/mol. The van der Waals surface area contributed by atoms with Crippen LogP contribution in [0.15, 0.2) is 158 Å². The van der Waals surface area contributed by atoms with Crippen LogP contribution in [-0.4, -0.2) is 0 Å². The summed E-state index contributed by atoms with van der Waals surface area (Å²) in [6.45, 7) is 0. The fourth-order valence-corrected chi connectivity index (χ4v) is 10.2. The maximum Gasteiger partial charge on any atom is 0.0586 e. The van der Waals surface area contributed by atoms with E-state index in [9.17, 15) is 0 Å². The van der Waals surface area contributed by atoms with Gasteiger partial charge in [0.2, 0.25) is 0 Å². The molecule has 0 amide bonds. The van der Waals surface area contributed by atoms with Gasteiger partial charge in [0, 0.05) is 5.92 Å². The number of hydrogen-bond acceptors (Lipinski definition) is 0. The highest BCUT2D eigenvalue weighted by atomic mass is 31.1. The van der Waals surface area contributed by atoms with Crippen molar-refractivity contribution in [2.24, 2.45) is 5.92 Å². The summed E-state index contributed by atoms with van der Waals surface area (Å²) in [7, 11) is -0.771. The summed E-state index contributed by atoms with van der Waals surface area (Å²) < 4.78 is 0. The quantitative estimate of drug-likeness (QED) is 0.215. The minimum Gasteiger partial charge on any atom is -0.0666 e. The van der Waals surface area contributed by atoms with Crippen molar-refractivity contribution in [3.05, 3.63) is 186 Å². The van der Waals surface area contributed by atoms with Crippen molar-refractivity contribution in [1.82, 2.24) is 0 Å². The van der Waals surface area contributed by atoms with Gasteiger partial charge >= 0.3 is 0 Å². The van der Waals surface area contributed by atoms with Crippen LogP contribution in [0, 0.1) is 5.92 Å². The Morgan fingerprint density at radius 3 is 1.32 bits per heavy atom. The van der Waals surface area contributed by atoms with Crippen molar-refractivity contribution < 1.29 is 0 Å². The molecule has 5 aromatic carbocycles. The highest BCUT2D eigenvalue weighted by molar-refractivity contribution is 7.80. The smallest absolute Gasteiger partial charge is 0.0586 e.